The maximum Gasteiger partial charge on any atom is 0.120 e. The van der Waals surface area contributed by atoms with Gasteiger partial charge in [0.05, 0.1) is 6.10 Å². The highest BCUT2D eigenvalue weighted by atomic mass is 79.9. The number of aliphatic hydroxyl groups excluding tert-OH is 1. The van der Waals surface area contributed by atoms with Crippen LogP contribution in [0.25, 0.3) is 0 Å². The number of phenolic OH excluding ortho intramolecular Hbond substituents is 1. The van der Waals surface area contributed by atoms with Gasteiger partial charge in [0.25, 0.3) is 0 Å². The number of hydrogen-bond acceptors (Lipinski definition) is 3. The second-order valence-corrected chi connectivity index (χ2v) is 5.17. The van der Waals surface area contributed by atoms with Gasteiger partial charge in [-0.05, 0) is 37.5 Å². The molecule has 3 nitrogen and oxygen atoms in total. The Bertz CT molecular complexity index is 370. The quantitative estimate of drug-likeness (QED) is 0.798. The molecular formula is C12H16BrNO2. The van der Waals surface area contributed by atoms with Gasteiger partial charge in [0.1, 0.15) is 5.75 Å². The second-order valence-electron chi connectivity index (χ2n) is 4.26. The fraction of sp³-hybridized carbons (Fsp3) is 0.500. The summed E-state index contributed by atoms with van der Waals surface area (Å²) in [6.45, 7) is 0.590. The van der Waals surface area contributed by atoms with Crippen LogP contribution in [0.4, 0.5) is 0 Å². The van der Waals surface area contributed by atoms with Crippen molar-refractivity contribution in [3.05, 3.63) is 28.2 Å². The lowest BCUT2D eigenvalue weighted by Gasteiger charge is -2.16. The van der Waals surface area contributed by atoms with Crippen LogP contribution in [-0.4, -0.2) is 22.4 Å². The van der Waals surface area contributed by atoms with Crippen molar-refractivity contribution >= 4 is 15.9 Å². The van der Waals surface area contributed by atoms with Crippen molar-refractivity contribution in [2.75, 3.05) is 0 Å². The maximum atomic E-state index is 9.66. The third-order valence-electron chi connectivity index (χ3n) is 3.08. The molecular weight excluding hydrogens is 270 g/mol. The Kier molecular flexibility index (Phi) is 3.84. The first-order valence-corrected chi connectivity index (χ1v) is 6.35. The van der Waals surface area contributed by atoms with Crippen molar-refractivity contribution in [3.63, 3.8) is 0 Å². The minimum absolute atomic E-state index is 0.165. The number of aromatic hydroxyl groups is 1. The molecule has 0 spiro atoms. The van der Waals surface area contributed by atoms with Gasteiger partial charge in [0, 0.05) is 22.6 Å². The van der Waals surface area contributed by atoms with Crippen molar-refractivity contribution in [3.8, 4) is 5.75 Å². The van der Waals surface area contributed by atoms with Gasteiger partial charge in [-0.2, -0.15) is 0 Å². The predicted molar refractivity (Wildman–Crippen MR) is 66.3 cm³/mol. The highest BCUT2D eigenvalue weighted by molar-refractivity contribution is 9.10. The summed E-state index contributed by atoms with van der Waals surface area (Å²) in [6.07, 6.45) is 2.72. The van der Waals surface area contributed by atoms with Gasteiger partial charge in [-0.1, -0.05) is 15.9 Å². The topological polar surface area (TPSA) is 52.5 Å². The van der Waals surface area contributed by atoms with Crippen molar-refractivity contribution < 1.29 is 10.2 Å². The van der Waals surface area contributed by atoms with Crippen LogP contribution in [0, 0.1) is 0 Å². The summed E-state index contributed by atoms with van der Waals surface area (Å²) >= 11 is 3.37. The van der Waals surface area contributed by atoms with Gasteiger partial charge >= 0.3 is 0 Å². The van der Waals surface area contributed by atoms with Crippen molar-refractivity contribution in [1.29, 1.82) is 0 Å². The molecule has 0 amide bonds. The largest absolute Gasteiger partial charge is 0.508 e. The Morgan fingerprint density at radius 1 is 1.38 bits per heavy atom. The Hall–Kier alpha value is -0.580. The van der Waals surface area contributed by atoms with E-state index in [9.17, 15) is 10.2 Å². The lowest BCUT2D eigenvalue weighted by molar-refractivity contribution is 0.148. The van der Waals surface area contributed by atoms with E-state index in [2.05, 4.69) is 21.2 Å². The normalized spacial score (nSPS) is 24.9. The molecule has 1 aliphatic carbocycles. The van der Waals surface area contributed by atoms with Crippen LogP contribution in [-0.2, 0) is 6.54 Å². The molecule has 0 aliphatic heterocycles. The highest BCUT2D eigenvalue weighted by Gasteiger charge is 2.24. The maximum absolute atomic E-state index is 9.66. The average molecular weight is 286 g/mol. The Morgan fingerprint density at radius 3 is 2.88 bits per heavy atom. The van der Waals surface area contributed by atoms with E-state index >= 15 is 0 Å². The number of halogens is 1. The molecule has 4 heteroatoms. The number of nitrogens with one attached hydrogen (secondary N) is 1. The van der Waals surface area contributed by atoms with Gasteiger partial charge < -0.3 is 15.5 Å². The zero-order valence-electron chi connectivity index (χ0n) is 8.99. The lowest BCUT2D eigenvalue weighted by Crippen LogP contribution is -2.35. The van der Waals surface area contributed by atoms with E-state index < -0.39 is 0 Å². The molecule has 16 heavy (non-hydrogen) atoms. The first-order chi connectivity index (χ1) is 7.66. The SMILES string of the molecule is Oc1ccc(Br)cc1CNC1CCCC1O. The highest BCUT2D eigenvalue weighted by Crippen LogP contribution is 2.23. The van der Waals surface area contributed by atoms with Crippen molar-refractivity contribution in [1.82, 2.24) is 5.32 Å². The smallest absolute Gasteiger partial charge is 0.120 e. The summed E-state index contributed by atoms with van der Waals surface area (Å²) in [7, 11) is 0. The molecule has 0 bridgehead atoms. The van der Waals surface area contributed by atoms with Crippen LogP contribution in [0.15, 0.2) is 22.7 Å². The molecule has 2 atom stereocenters. The number of benzene rings is 1. The third-order valence-corrected chi connectivity index (χ3v) is 3.57. The zero-order chi connectivity index (χ0) is 11.5. The number of aliphatic hydroxyl groups is 1. The first kappa shape index (κ1) is 11.9. The molecule has 2 rings (SSSR count). The summed E-state index contributed by atoms with van der Waals surface area (Å²) in [5, 5.41) is 22.6. The summed E-state index contributed by atoms with van der Waals surface area (Å²) in [6, 6.07) is 5.54. The standard InChI is InChI=1S/C12H16BrNO2/c13-9-4-5-11(15)8(6-9)7-14-10-2-1-3-12(10)16/h4-6,10,12,14-16H,1-3,7H2. The summed E-state index contributed by atoms with van der Waals surface area (Å²) in [4.78, 5) is 0. The molecule has 1 aliphatic rings. The second kappa shape index (κ2) is 5.17. The Balaban J connectivity index is 1.96. The minimum atomic E-state index is -0.241. The summed E-state index contributed by atoms with van der Waals surface area (Å²) < 4.78 is 0.953. The van der Waals surface area contributed by atoms with Gasteiger partial charge in [-0.15, -0.1) is 0 Å². The van der Waals surface area contributed by atoms with Crippen LogP contribution in [0.1, 0.15) is 24.8 Å². The van der Waals surface area contributed by atoms with Crippen LogP contribution in [0.2, 0.25) is 0 Å². The third kappa shape index (κ3) is 2.75. The average Bonchev–Trinajstić information content (AvgIpc) is 2.66. The Morgan fingerprint density at radius 2 is 2.19 bits per heavy atom. The fourth-order valence-corrected chi connectivity index (χ4v) is 2.52. The van der Waals surface area contributed by atoms with Crippen LogP contribution in [0.5, 0.6) is 5.75 Å². The van der Waals surface area contributed by atoms with E-state index in [-0.39, 0.29) is 12.1 Å². The summed E-state index contributed by atoms with van der Waals surface area (Å²) in [5.41, 5.74) is 0.855. The van der Waals surface area contributed by atoms with Crippen LogP contribution < -0.4 is 5.32 Å². The molecule has 0 aromatic heterocycles. The van der Waals surface area contributed by atoms with Crippen molar-refractivity contribution in [2.45, 2.75) is 38.0 Å². The number of rotatable bonds is 3. The van der Waals surface area contributed by atoms with Crippen LogP contribution >= 0.6 is 15.9 Å². The first-order valence-electron chi connectivity index (χ1n) is 5.55. The molecule has 2 unspecified atom stereocenters. The predicted octanol–water partition coefficient (Wildman–Crippen LogP) is 2.16. The monoisotopic (exact) mass is 285 g/mol. The van der Waals surface area contributed by atoms with E-state index in [0.29, 0.717) is 12.3 Å². The molecule has 0 radical (unpaired) electrons. The van der Waals surface area contributed by atoms with Gasteiger partial charge in [0.2, 0.25) is 0 Å². The molecule has 1 fully saturated rings. The molecule has 3 N–H and O–H groups in total. The van der Waals surface area contributed by atoms with Gasteiger partial charge in [-0.25, -0.2) is 0 Å². The molecule has 88 valence electrons. The fourth-order valence-electron chi connectivity index (χ4n) is 2.12. The van der Waals surface area contributed by atoms with E-state index in [4.69, 9.17) is 0 Å². The number of hydrogen-bond donors (Lipinski definition) is 3. The Labute approximate surface area is 104 Å². The van der Waals surface area contributed by atoms with Gasteiger partial charge in [0.15, 0.2) is 0 Å². The molecule has 1 aromatic rings. The summed E-state index contributed by atoms with van der Waals surface area (Å²) in [5.74, 6) is 0.295. The zero-order valence-corrected chi connectivity index (χ0v) is 10.6. The van der Waals surface area contributed by atoms with E-state index in [1.807, 2.05) is 12.1 Å². The minimum Gasteiger partial charge on any atom is -0.508 e. The number of phenols is 1. The van der Waals surface area contributed by atoms with Crippen molar-refractivity contribution in [2.24, 2.45) is 0 Å². The van der Waals surface area contributed by atoms with Gasteiger partial charge in [-0.3, -0.25) is 0 Å². The van der Waals surface area contributed by atoms with E-state index in [0.717, 1.165) is 29.3 Å². The molecule has 0 saturated heterocycles. The van der Waals surface area contributed by atoms with E-state index in [1.54, 1.807) is 6.07 Å². The molecule has 0 heterocycles. The van der Waals surface area contributed by atoms with E-state index in [1.165, 1.54) is 0 Å². The molecule has 1 saturated carbocycles. The molecule has 1 aromatic carbocycles. The lowest BCUT2D eigenvalue weighted by atomic mass is 10.1. The van der Waals surface area contributed by atoms with Crippen LogP contribution in [0.3, 0.4) is 0 Å².